The van der Waals surface area contributed by atoms with Gasteiger partial charge in [-0.2, -0.15) is 40.2 Å². The lowest BCUT2D eigenvalue weighted by atomic mass is 10.1. The van der Waals surface area contributed by atoms with E-state index in [4.69, 9.17) is 0 Å². The normalized spacial score (nSPS) is 14.2. The van der Waals surface area contributed by atoms with Crippen molar-refractivity contribution in [3.63, 3.8) is 0 Å². The van der Waals surface area contributed by atoms with Gasteiger partial charge in [-0.3, -0.25) is 4.68 Å². The predicted octanol–water partition coefficient (Wildman–Crippen LogP) is 2.89. The molecule has 0 aliphatic rings. The van der Waals surface area contributed by atoms with E-state index in [-0.39, 0.29) is 4.68 Å². The Hall–Kier alpha value is -1.35. The Bertz CT molecular complexity index is 412. The van der Waals surface area contributed by atoms with E-state index in [2.05, 4.69) is 5.10 Å². The summed E-state index contributed by atoms with van der Waals surface area (Å²) in [6.45, 7) is 0. The molecule has 0 fully saturated rings. The Labute approximate surface area is 88.8 Å². The molecule has 0 N–H and O–H groups in total. The van der Waals surface area contributed by atoms with Crippen LogP contribution in [0.3, 0.4) is 0 Å². The SMILES string of the molecule is Cn1[c]c(C(F)(F)F)c(C(F)(F)C(F)(F)F)n1. The molecule has 2 nitrogen and oxygen atoms in total. The molecule has 97 valence electrons. The minimum absolute atomic E-state index is 0.123. The fraction of sp³-hybridized carbons (Fsp3) is 0.571. The van der Waals surface area contributed by atoms with Gasteiger partial charge in [-0.05, 0) is 0 Å². The highest BCUT2D eigenvalue weighted by Crippen LogP contribution is 2.47. The third-order valence-corrected chi connectivity index (χ3v) is 1.70. The molecule has 0 aromatic carbocycles. The first kappa shape index (κ1) is 13.7. The monoisotopic (exact) mass is 267 g/mol. The molecule has 0 aliphatic heterocycles. The van der Waals surface area contributed by atoms with Gasteiger partial charge < -0.3 is 0 Å². The van der Waals surface area contributed by atoms with E-state index in [1.807, 2.05) is 0 Å². The average molecular weight is 267 g/mol. The van der Waals surface area contributed by atoms with Crippen LogP contribution in [0.2, 0.25) is 0 Å². The Kier molecular flexibility index (Phi) is 2.88. The van der Waals surface area contributed by atoms with E-state index < -0.39 is 29.5 Å². The van der Waals surface area contributed by atoms with Crippen LogP contribution in [-0.2, 0) is 19.1 Å². The van der Waals surface area contributed by atoms with Crippen LogP contribution < -0.4 is 0 Å². The van der Waals surface area contributed by atoms with Gasteiger partial charge in [0, 0.05) is 7.05 Å². The molecule has 0 saturated carbocycles. The number of hydrogen-bond donors (Lipinski definition) is 0. The molecule has 17 heavy (non-hydrogen) atoms. The van der Waals surface area contributed by atoms with Gasteiger partial charge in [0.15, 0.2) is 5.69 Å². The van der Waals surface area contributed by atoms with Gasteiger partial charge in [-0.1, -0.05) is 0 Å². The van der Waals surface area contributed by atoms with Crippen LogP contribution in [0, 0.1) is 6.20 Å². The molecule has 0 aliphatic carbocycles. The molecule has 1 rings (SSSR count). The Morgan fingerprint density at radius 2 is 1.47 bits per heavy atom. The summed E-state index contributed by atoms with van der Waals surface area (Å²) in [6.07, 6.45) is -10.3. The Morgan fingerprint density at radius 1 is 1.00 bits per heavy atom. The maximum atomic E-state index is 12.7. The van der Waals surface area contributed by atoms with Crippen LogP contribution in [0.1, 0.15) is 11.3 Å². The van der Waals surface area contributed by atoms with Crippen molar-refractivity contribution in [2.45, 2.75) is 18.3 Å². The summed E-state index contributed by atoms with van der Waals surface area (Å²) in [5.74, 6) is -5.68. The van der Waals surface area contributed by atoms with Gasteiger partial charge in [-0.25, -0.2) is 0 Å². The average Bonchev–Trinajstić information content (AvgIpc) is 2.44. The van der Waals surface area contributed by atoms with Crippen LogP contribution in [0.25, 0.3) is 0 Å². The first-order chi connectivity index (χ1) is 7.37. The summed E-state index contributed by atoms with van der Waals surface area (Å²) >= 11 is 0. The number of hydrogen-bond acceptors (Lipinski definition) is 1. The summed E-state index contributed by atoms with van der Waals surface area (Å²) in [5.41, 5.74) is -4.64. The van der Waals surface area contributed by atoms with Crippen molar-refractivity contribution in [3.8, 4) is 0 Å². The van der Waals surface area contributed by atoms with Crippen molar-refractivity contribution in [1.29, 1.82) is 0 Å². The van der Waals surface area contributed by atoms with Gasteiger partial charge in [0.2, 0.25) is 0 Å². The predicted molar refractivity (Wildman–Crippen MR) is 37.0 cm³/mol. The fourth-order valence-electron chi connectivity index (χ4n) is 0.991. The maximum absolute atomic E-state index is 12.7. The minimum Gasteiger partial charge on any atom is -0.265 e. The van der Waals surface area contributed by atoms with Gasteiger partial charge in [0.25, 0.3) is 0 Å². The highest BCUT2D eigenvalue weighted by Gasteiger charge is 2.63. The molecular formula is C7H3F8N2. The van der Waals surface area contributed by atoms with E-state index in [9.17, 15) is 35.1 Å². The van der Waals surface area contributed by atoms with Gasteiger partial charge >= 0.3 is 18.3 Å². The molecule has 1 heterocycles. The fourth-order valence-corrected chi connectivity index (χ4v) is 0.991. The lowest BCUT2D eigenvalue weighted by Crippen LogP contribution is -2.36. The highest BCUT2D eigenvalue weighted by molar-refractivity contribution is 5.25. The summed E-state index contributed by atoms with van der Waals surface area (Å²) < 4.78 is 97.9. The van der Waals surface area contributed by atoms with Crippen LogP contribution in [0.4, 0.5) is 35.1 Å². The number of rotatable bonds is 1. The quantitative estimate of drug-likeness (QED) is 0.715. The molecule has 0 saturated heterocycles. The van der Waals surface area contributed by atoms with E-state index in [1.54, 1.807) is 0 Å². The molecule has 1 aromatic rings. The molecule has 0 amide bonds. The van der Waals surface area contributed by atoms with Crippen molar-refractivity contribution in [1.82, 2.24) is 9.78 Å². The summed E-state index contributed by atoms with van der Waals surface area (Å²) in [6, 6.07) is 0. The van der Waals surface area contributed by atoms with Crippen LogP contribution in [-0.4, -0.2) is 16.0 Å². The number of nitrogens with zero attached hydrogens (tertiary/aromatic N) is 2. The van der Waals surface area contributed by atoms with Crippen molar-refractivity contribution in [3.05, 3.63) is 17.5 Å². The molecule has 0 unspecified atom stereocenters. The second-order valence-corrected chi connectivity index (χ2v) is 3.03. The van der Waals surface area contributed by atoms with Crippen molar-refractivity contribution < 1.29 is 35.1 Å². The largest absolute Gasteiger partial charge is 0.459 e. The lowest BCUT2D eigenvalue weighted by molar-refractivity contribution is -0.292. The van der Waals surface area contributed by atoms with E-state index in [0.717, 1.165) is 7.05 Å². The molecule has 0 bridgehead atoms. The first-order valence-electron chi connectivity index (χ1n) is 3.86. The zero-order valence-corrected chi connectivity index (χ0v) is 7.92. The molecule has 1 aromatic heterocycles. The van der Waals surface area contributed by atoms with Gasteiger partial charge in [-0.15, -0.1) is 0 Å². The van der Waals surface area contributed by atoms with Gasteiger partial charge in [0.05, 0.1) is 6.20 Å². The Balaban J connectivity index is 3.42. The van der Waals surface area contributed by atoms with Crippen molar-refractivity contribution >= 4 is 0 Å². The highest BCUT2D eigenvalue weighted by atomic mass is 19.4. The lowest BCUT2D eigenvalue weighted by Gasteiger charge is -2.19. The number of aryl methyl sites for hydroxylation is 1. The third kappa shape index (κ3) is 2.34. The third-order valence-electron chi connectivity index (χ3n) is 1.70. The summed E-state index contributed by atoms with van der Waals surface area (Å²) in [7, 11) is 0.755. The smallest absolute Gasteiger partial charge is 0.265 e. The van der Waals surface area contributed by atoms with E-state index >= 15 is 0 Å². The molecule has 0 atom stereocenters. The van der Waals surface area contributed by atoms with Crippen molar-refractivity contribution in [2.24, 2.45) is 7.05 Å². The topological polar surface area (TPSA) is 17.8 Å². The maximum Gasteiger partial charge on any atom is 0.459 e. The first-order valence-corrected chi connectivity index (χ1v) is 3.86. The number of halogens is 8. The summed E-state index contributed by atoms with van der Waals surface area (Å²) in [4.78, 5) is 0. The second-order valence-electron chi connectivity index (χ2n) is 3.03. The van der Waals surface area contributed by atoms with Gasteiger partial charge in [0.1, 0.15) is 5.56 Å². The van der Waals surface area contributed by atoms with Crippen LogP contribution in [0.5, 0.6) is 0 Å². The van der Waals surface area contributed by atoms with Crippen LogP contribution in [0.15, 0.2) is 0 Å². The number of aromatic nitrogens is 2. The molecular weight excluding hydrogens is 264 g/mol. The molecule has 0 spiro atoms. The zero-order valence-electron chi connectivity index (χ0n) is 7.92. The Morgan fingerprint density at radius 3 is 1.82 bits per heavy atom. The van der Waals surface area contributed by atoms with E-state index in [1.165, 1.54) is 6.20 Å². The zero-order chi connectivity index (χ0) is 13.6. The van der Waals surface area contributed by atoms with Crippen molar-refractivity contribution in [2.75, 3.05) is 0 Å². The number of alkyl halides is 8. The summed E-state index contributed by atoms with van der Waals surface area (Å²) in [5, 5.41) is 2.49. The molecule has 1 radical (unpaired) electrons. The standard InChI is InChI=1S/C7H3F8N2/c1-17-2-3(6(10,11)12)4(16-17)5(8,9)7(13,14)15/h1H3. The minimum atomic E-state index is -6.16. The van der Waals surface area contributed by atoms with E-state index in [0.29, 0.717) is 0 Å². The molecule has 10 heteroatoms. The second kappa shape index (κ2) is 3.57. The van der Waals surface area contributed by atoms with Crippen LogP contribution >= 0.6 is 0 Å².